The van der Waals surface area contributed by atoms with Crippen molar-refractivity contribution in [2.45, 2.75) is 10.6 Å². The molecule has 0 saturated heterocycles. The Kier molecular flexibility index (Phi) is 6.86. The summed E-state index contributed by atoms with van der Waals surface area (Å²) in [7, 11) is 1.51. The number of hydrogen-bond acceptors (Lipinski definition) is 5. The van der Waals surface area contributed by atoms with Crippen LogP contribution in [0.25, 0.3) is 0 Å². The monoisotopic (exact) mass is 398 g/mol. The number of pyridine rings is 1. The first-order chi connectivity index (χ1) is 13.6. The molecular weight excluding hydrogens is 379 g/mol. The average molecular weight is 398 g/mol. The van der Waals surface area contributed by atoms with E-state index in [4.69, 9.17) is 9.47 Å². The number of hydrogen-bond donors (Lipinski definition) is 1. The fraction of sp³-hybridized carbons (Fsp3) is 0.143. The highest BCUT2D eigenvalue weighted by Crippen LogP contribution is 2.29. The third-order valence-corrected chi connectivity index (χ3v) is 4.77. The molecule has 5 nitrogen and oxygen atoms in total. The molecule has 1 amide bonds. The molecule has 0 bridgehead atoms. The zero-order valence-electron chi connectivity index (χ0n) is 15.2. The van der Waals surface area contributed by atoms with Crippen LogP contribution < -0.4 is 14.8 Å². The molecule has 0 unspecified atom stereocenters. The zero-order valence-corrected chi connectivity index (χ0v) is 16.0. The first kappa shape index (κ1) is 19.7. The first-order valence-corrected chi connectivity index (χ1v) is 9.51. The average Bonchev–Trinajstić information content (AvgIpc) is 2.72. The number of methoxy groups -OCH3 is 1. The van der Waals surface area contributed by atoms with Gasteiger partial charge in [0.25, 0.3) is 5.91 Å². The molecule has 3 rings (SSSR count). The highest BCUT2D eigenvalue weighted by atomic mass is 32.2. The topological polar surface area (TPSA) is 60.5 Å². The molecule has 0 saturated carbocycles. The Morgan fingerprint density at radius 2 is 1.86 bits per heavy atom. The van der Waals surface area contributed by atoms with E-state index >= 15 is 0 Å². The molecule has 0 spiro atoms. The minimum atomic E-state index is -0.271. The maximum atomic E-state index is 13.0. The molecule has 7 heteroatoms. The van der Waals surface area contributed by atoms with Crippen LogP contribution in [0, 0.1) is 5.82 Å². The Labute approximate surface area is 166 Å². The van der Waals surface area contributed by atoms with E-state index in [1.54, 1.807) is 36.5 Å². The van der Waals surface area contributed by atoms with Gasteiger partial charge in [-0.05, 0) is 36.4 Å². The Balaban J connectivity index is 1.60. The van der Waals surface area contributed by atoms with Gasteiger partial charge in [-0.15, -0.1) is 11.8 Å². The number of anilines is 1. The summed E-state index contributed by atoms with van der Waals surface area (Å²) in [6, 6.07) is 17.2. The summed E-state index contributed by atoms with van der Waals surface area (Å²) in [5.74, 6) is 0.921. The summed E-state index contributed by atoms with van der Waals surface area (Å²) in [5, 5.41) is 2.76. The lowest BCUT2D eigenvalue weighted by atomic mass is 10.3. The third kappa shape index (κ3) is 5.72. The van der Waals surface area contributed by atoms with Crippen LogP contribution in [0.1, 0.15) is 5.69 Å². The summed E-state index contributed by atoms with van der Waals surface area (Å²) < 4.78 is 23.9. The number of nitrogens with one attached hydrogen (secondary N) is 1. The van der Waals surface area contributed by atoms with Gasteiger partial charge in [0, 0.05) is 22.4 Å². The number of benzene rings is 2. The SMILES string of the molecule is COc1cnc(CSc2ccc(F)cc2)cc1OCC(=O)Nc1ccccc1. The molecule has 28 heavy (non-hydrogen) atoms. The van der Waals surface area contributed by atoms with Gasteiger partial charge in [-0.25, -0.2) is 4.39 Å². The van der Waals surface area contributed by atoms with Crippen molar-refractivity contribution in [3.63, 3.8) is 0 Å². The lowest BCUT2D eigenvalue weighted by Crippen LogP contribution is -2.20. The van der Waals surface area contributed by atoms with E-state index in [0.717, 1.165) is 10.6 Å². The fourth-order valence-corrected chi connectivity index (χ4v) is 3.16. The van der Waals surface area contributed by atoms with Crippen LogP contribution in [-0.4, -0.2) is 24.6 Å². The Bertz CT molecular complexity index is 921. The smallest absolute Gasteiger partial charge is 0.262 e. The summed E-state index contributed by atoms with van der Waals surface area (Å²) in [6.07, 6.45) is 1.56. The lowest BCUT2D eigenvalue weighted by Gasteiger charge is -2.12. The van der Waals surface area contributed by atoms with Crippen molar-refractivity contribution in [2.24, 2.45) is 0 Å². The van der Waals surface area contributed by atoms with Gasteiger partial charge in [-0.2, -0.15) is 0 Å². The number of rotatable bonds is 8. The standard InChI is InChI=1S/C21H19FN2O3S/c1-26-20-12-23-17(14-28-18-9-7-15(22)8-10-18)11-19(20)27-13-21(25)24-16-5-3-2-4-6-16/h2-12H,13-14H2,1H3,(H,24,25). The van der Waals surface area contributed by atoms with Gasteiger partial charge in [0.05, 0.1) is 19.0 Å². The van der Waals surface area contributed by atoms with Crippen molar-refractivity contribution < 1.29 is 18.7 Å². The molecular formula is C21H19FN2O3S. The van der Waals surface area contributed by atoms with Crippen LogP contribution in [0.4, 0.5) is 10.1 Å². The van der Waals surface area contributed by atoms with E-state index in [0.29, 0.717) is 22.9 Å². The predicted molar refractivity (Wildman–Crippen MR) is 107 cm³/mol. The van der Waals surface area contributed by atoms with Gasteiger partial charge in [0.15, 0.2) is 18.1 Å². The van der Waals surface area contributed by atoms with Crippen molar-refractivity contribution >= 4 is 23.4 Å². The summed E-state index contributed by atoms with van der Waals surface area (Å²) in [4.78, 5) is 17.4. The molecule has 144 valence electrons. The van der Waals surface area contributed by atoms with Crippen LogP contribution in [0.2, 0.25) is 0 Å². The van der Waals surface area contributed by atoms with Crippen molar-refractivity contribution in [1.82, 2.24) is 4.98 Å². The van der Waals surface area contributed by atoms with Crippen LogP contribution >= 0.6 is 11.8 Å². The van der Waals surface area contributed by atoms with E-state index < -0.39 is 0 Å². The number of carbonyl (C=O) groups is 1. The van der Waals surface area contributed by atoms with E-state index in [-0.39, 0.29) is 18.3 Å². The second-order valence-electron chi connectivity index (χ2n) is 5.77. The number of ether oxygens (including phenoxy) is 2. The highest BCUT2D eigenvalue weighted by molar-refractivity contribution is 7.98. The van der Waals surface area contributed by atoms with E-state index in [1.165, 1.54) is 31.0 Å². The second-order valence-corrected chi connectivity index (χ2v) is 6.82. The van der Waals surface area contributed by atoms with Gasteiger partial charge >= 0.3 is 0 Å². The fourth-order valence-electron chi connectivity index (χ4n) is 2.36. The molecule has 3 aromatic rings. The zero-order chi connectivity index (χ0) is 19.8. The summed E-state index contributed by atoms with van der Waals surface area (Å²) in [5.41, 5.74) is 1.46. The van der Waals surface area contributed by atoms with Crippen molar-refractivity contribution in [1.29, 1.82) is 0 Å². The number of nitrogens with zero attached hydrogens (tertiary/aromatic N) is 1. The molecule has 0 aliphatic carbocycles. The minimum Gasteiger partial charge on any atom is -0.491 e. The molecule has 0 fully saturated rings. The quantitative estimate of drug-likeness (QED) is 0.565. The largest absolute Gasteiger partial charge is 0.491 e. The van der Waals surface area contributed by atoms with E-state index in [9.17, 15) is 9.18 Å². The molecule has 1 aromatic heterocycles. The number of aromatic nitrogens is 1. The van der Waals surface area contributed by atoms with Gasteiger partial charge < -0.3 is 14.8 Å². The van der Waals surface area contributed by atoms with Crippen LogP contribution in [0.3, 0.4) is 0 Å². The predicted octanol–water partition coefficient (Wildman–Crippen LogP) is 4.54. The van der Waals surface area contributed by atoms with Gasteiger partial charge in [0.1, 0.15) is 5.82 Å². The lowest BCUT2D eigenvalue weighted by molar-refractivity contribution is -0.118. The Morgan fingerprint density at radius 3 is 2.57 bits per heavy atom. The van der Waals surface area contributed by atoms with E-state index in [2.05, 4.69) is 10.3 Å². The van der Waals surface area contributed by atoms with Crippen LogP contribution in [-0.2, 0) is 10.5 Å². The number of halogens is 1. The molecule has 0 aliphatic rings. The normalized spacial score (nSPS) is 10.4. The van der Waals surface area contributed by atoms with E-state index in [1.807, 2.05) is 18.2 Å². The summed E-state index contributed by atoms with van der Waals surface area (Å²) in [6.45, 7) is -0.153. The molecule has 0 aliphatic heterocycles. The maximum Gasteiger partial charge on any atom is 0.262 e. The Morgan fingerprint density at radius 1 is 1.11 bits per heavy atom. The minimum absolute atomic E-state index is 0.153. The van der Waals surface area contributed by atoms with Crippen molar-refractivity contribution in [2.75, 3.05) is 19.0 Å². The first-order valence-electron chi connectivity index (χ1n) is 8.53. The number of carbonyl (C=O) groups excluding carboxylic acids is 1. The highest BCUT2D eigenvalue weighted by Gasteiger charge is 2.10. The Hall–Kier alpha value is -3.06. The van der Waals surface area contributed by atoms with Crippen molar-refractivity contribution in [3.8, 4) is 11.5 Å². The maximum absolute atomic E-state index is 13.0. The van der Waals surface area contributed by atoms with Gasteiger partial charge in [-0.1, -0.05) is 18.2 Å². The third-order valence-electron chi connectivity index (χ3n) is 3.72. The molecule has 1 heterocycles. The molecule has 2 aromatic carbocycles. The van der Waals surface area contributed by atoms with Crippen LogP contribution in [0.15, 0.2) is 71.8 Å². The molecule has 1 N–H and O–H groups in total. The summed E-state index contributed by atoms with van der Waals surface area (Å²) >= 11 is 1.53. The van der Waals surface area contributed by atoms with Crippen molar-refractivity contribution in [3.05, 3.63) is 78.4 Å². The number of amides is 1. The van der Waals surface area contributed by atoms with Crippen LogP contribution in [0.5, 0.6) is 11.5 Å². The molecule has 0 atom stereocenters. The van der Waals surface area contributed by atoms with Gasteiger partial charge in [0.2, 0.25) is 0 Å². The number of thioether (sulfide) groups is 1. The number of para-hydroxylation sites is 1. The molecule has 0 radical (unpaired) electrons. The van der Waals surface area contributed by atoms with Gasteiger partial charge in [-0.3, -0.25) is 9.78 Å². The second kappa shape index (κ2) is 9.75.